The number of rotatable bonds is 7. The topological polar surface area (TPSA) is 92.7 Å². The highest BCUT2D eigenvalue weighted by Gasteiger charge is 2.49. The first kappa shape index (κ1) is 34.7. The second kappa shape index (κ2) is 13.5. The van der Waals surface area contributed by atoms with Crippen LogP contribution in [0.5, 0.6) is 11.8 Å². The molecule has 4 atom stereocenters. The Morgan fingerprint density at radius 1 is 0.982 bits per heavy atom. The van der Waals surface area contributed by atoms with E-state index in [0.29, 0.717) is 53.6 Å². The third kappa shape index (κ3) is 5.80. The molecule has 4 aromatic carbocycles. The van der Waals surface area contributed by atoms with Crippen LogP contribution in [-0.4, -0.2) is 82.4 Å². The summed E-state index contributed by atoms with van der Waals surface area (Å²) < 4.78 is 59.7. The number of nitrogens with zero attached hydrogens (tertiary/aromatic N) is 5. The molecule has 56 heavy (non-hydrogen) atoms. The van der Waals surface area contributed by atoms with Crippen LogP contribution in [0.3, 0.4) is 0 Å². The van der Waals surface area contributed by atoms with Crippen LogP contribution in [0.2, 0.25) is 0 Å². The molecule has 2 unspecified atom stereocenters. The summed E-state index contributed by atoms with van der Waals surface area (Å²) in [6.07, 6.45) is 10.6. The lowest BCUT2D eigenvalue weighted by Gasteiger charge is -2.34. The first-order valence-corrected chi connectivity index (χ1v) is 19.1. The Morgan fingerprint density at radius 3 is 2.64 bits per heavy atom. The molecule has 6 heterocycles. The summed E-state index contributed by atoms with van der Waals surface area (Å²) in [6.45, 7) is 2.65. The normalized spacial score (nSPS) is 23.2. The van der Waals surface area contributed by atoms with E-state index in [9.17, 15) is 9.18 Å². The van der Waals surface area contributed by atoms with Gasteiger partial charge in [-0.15, -0.1) is 6.42 Å². The molecule has 4 aliphatic heterocycles. The van der Waals surface area contributed by atoms with Gasteiger partial charge in [0.1, 0.15) is 41.4 Å². The number of carbonyl (C=O) groups is 1. The molecule has 4 fully saturated rings. The number of anilines is 1. The fourth-order valence-electron chi connectivity index (χ4n) is 9.50. The van der Waals surface area contributed by atoms with Crippen molar-refractivity contribution in [1.29, 1.82) is 0 Å². The average molecular weight is 755 g/mol. The Balaban J connectivity index is 1.10. The maximum Gasteiger partial charge on any atom is 0.344 e. The third-order valence-electron chi connectivity index (χ3n) is 12.1. The first-order valence-electron chi connectivity index (χ1n) is 19.1. The highest BCUT2D eigenvalue weighted by molar-refractivity contribution is 6.07. The number of alkyl halides is 1. The number of nitrogens with one attached hydrogen (secondary N) is 1. The Bertz CT molecular complexity index is 2620. The van der Waals surface area contributed by atoms with Gasteiger partial charge in [0.05, 0.1) is 22.1 Å². The molecule has 4 saturated heterocycles. The SMILES string of the molecule is C#Cc1c(F)ccc2cc(OC(=O)c3cccc4ccccc34)cc(-c3ncc4c(N5CC6CCC(C5)N6)nc(OC[C@@]56CCCN5C[C@H](F)C6)nc4c3F)c12. The van der Waals surface area contributed by atoms with E-state index < -0.39 is 29.3 Å². The fourth-order valence-corrected chi connectivity index (χ4v) is 9.50. The van der Waals surface area contributed by atoms with Crippen LogP contribution in [0.25, 0.3) is 43.7 Å². The number of pyridine rings is 1. The molecule has 2 aromatic heterocycles. The van der Waals surface area contributed by atoms with Crippen LogP contribution in [0, 0.1) is 24.0 Å². The molecular formula is C44H37F3N6O3. The van der Waals surface area contributed by atoms with Gasteiger partial charge in [-0.05, 0) is 72.7 Å². The Kier molecular flexibility index (Phi) is 8.34. The molecular weight excluding hydrogens is 718 g/mol. The van der Waals surface area contributed by atoms with Crippen molar-refractivity contribution in [2.45, 2.75) is 55.9 Å². The second-order valence-corrected chi connectivity index (χ2v) is 15.5. The second-order valence-electron chi connectivity index (χ2n) is 15.5. The maximum absolute atomic E-state index is 17.4. The summed E-state index contributed by atoms with van der Waals surface area (Å²) in [5.41, 5.74) is -0.286. The van der Waals surface area contributed by atoms with Gasteiger partial charge in [-0.3, -0.25) is 9.88 Å². The lowest BCUT2D eigenvalue weighted by Crippen LogP contribution is -2.51. The number of hydrogen-bond donors (Lipinski definition) is 1. The standard InChI is InChI=1S/C44H37F3N6O3/c1-2-31-36(46)14-11-26-17-30(56-42(54)33-10-5-8-25-7-3-4-9-32(25)33)18-34(37(26)31)39-38(47)40-35(20-48-39)41(52-22-28-12-13-29(23-52)49-28)51-43(50-40)55-24-44-15-6-16-53(44)21-27(45)19-44/h1,3-5,7-11,14,17-18,20,27-29,49H,6,12-13,15-16,19,21-24H2/t27-,28?,29?,44+/m1/s1. The van der Waals surface area contributed by atoms with Gasteiger partial charge >= 0.3 is 12.0 Å². The van der Waals surface area contributed by atoms with E-state index in [4.69, 9.17) is 20.9 Å². The molecule has 0 radical (unpaired) electrons. The van der Waals surface area contributed by atoms with Gasteiger partial charge in [0.25, 0.3) is 0 Å². The summed E-state index contributed by atoms with van der Waals surface area (Å²) in [5, 5.41) is 6.24. The van der Waals surface area contributed by atoms with Crippen LogP contribution in [-0.2, 0) is 0 Å². The lowest BCUT2D eigenvalue weighted by molar-refractivity contribution is 0.0737. The number of halogens is 3. The molecule has 282 valence electrons. The summed E-state index contributed by atoms with van der Waals surface area (Å²) >= 11 is 0. The van der Waals surface area contributed by atoms with Crippen LogP contribution in [0.1, 0.15) is 48.0 Å². The molecule has 0 aliphatic carbocycles. The average Bonchev–Trinajstić information content (AvgIpc) is 3.86. The molecule has 0 spiro atoms. The van der Waals surface area contributed by atoms with Crippen molar-refractivity contribution < 1.29 is 27.4 Å². The third-order valence-corrected chi connectivity index (χ3v) is 12.1. The van der Waals surface area contributed by atoms with Crippen molar-refractivity contribution in [1.82, 2.24) is 25.2 Å². The summed E-state index contributed by atoms with van der Waals surface area (Å²) in [6, 6.07) is 19.1. The number of ether oxygens (including phenoxy) is 2. The van der Waals surface area contributed by atoms with E-state index >= 15 is 8.78 Å². The van der Waals surface area contributed by atoms with Gasteiger partial charge in [0.2, 0.25) is 0 Å². The zero-order valence-corrected chi connectivity index (χ0v) is 30.4. The zero-order chi connectivity index (χ0) is 38.1. The molecule has 0 saturated carbocycles. The van der Waals surface area contributed by atoms with Gasteiger partial charge in [-0.1, -0.05) is 48.4 Å². The van der Waals surface area contributed by atoms with Crippen molar-refractivity contribution in [3.05, 3.63) is 95.7 Å². The summed E-state index contributed by atoms with van der Waals surface area (Å²) in [5.74, 6) is 0.926. The number of fused-ring (bicyclic) bond motifs is 6. The molecule has 9 nitrogen and oxygen atoms in total. The number of piperazine rings is 1. The number of aromatic nitrogens is 3. The van der Waals surface area contributed by atoms with Crippen molar-refractivity contribution in [3.8, 4) is 35.4 Å². The monoisotopic (exact) mass is 754 g/mol. The quantitative estimate of drug-likeness (QED) is 0.102. The lowest BCUT2D eigenvalue weighted by atomic mass is 9.95. The predicted octanol–water partition coefficient (Wildman–Crippen LogP) is 7.37. The maximum atomic E-state index is 17.4. The number of hydrogen-bond acceptors (Lipinski definition) is 9. The van der Waals surface area contributed by atoms with E-state index in [1.807, 2.05) is 30.3 Å². The molecule has 2 bridgehead atoms. The van der Waals surface area contributed by atoms with Gasteiger partial charge < -0.3 is 19.7 Å². The van der Waals surface area contributed by atoms with Crippen molar-refractivity contribution in [2.24, 2.45) is 0 Å². The number of carbonyl (C=O) groups excluding carboxylic acids is 1. The van der Waals surface area contributed by atoms with E-state index in [-0.39, 0.29) is 58.2 Å². The Labute approximate surface area is 320 Å². The highest BCUT2D eigenvalue weighted by Crippen LogP contribution is 2.42. The molecule has 12 heteroatoms. The first-order chi connectivity index (χ1) is 27.3. The predicted molar refractivity (Wildman–Crippen MR) is 208 cm³/mol. The molecule has 10 rings (SSSR count). The largest absolute Gasteiger partial charge is 0.461 e. The van der Waals surface area contributed by atoms with Gasteiger partial charge in [0.15, 0.2) is 5.82 Å². The summed E-state index contributed by atoms with van der Waals surface area (Å²) in [4.78, 5) is 32.1. The van der Waals surface area contributed by atoms with Crippen LogP contribution in [0.4, 0.5) is 19.0 Å². The Morgan fingerprint density at radius 2 is 1.80 bits per heavy atom. The summed E-state index contributed by atoms with van der Waals surface area (Å²) in [7, 11) is 0. The number of benzene rings is 4. The Hall–Kier alpha value is -5.77. The minimum Gasteiger partial charge on any atom is -0.461 e. The minimum absolute atomic E-state index is 0.0176. The van der Waals surface area contributed by atoms with E-state index in [1.165, 1.54) is 24.4 Å². The highest BCUT2D eigenvalue weighted by atomic mass is 19.1. The van der Waals surface area contributed by atoms with E-state index in [1.54, 1.807) is 18.2 Å². The molecule has 1 N–H and O–H groups in total. The van der Waals surface area contributed by atoms with Crippen LogP contribution in [0.15, 0.2) is 72.9 Å². The van der Waals surface area contributed by atoms with E-state index in [2.05, 4.69) is 31.0 Å². The van der Waals surface area contributed by atoms with Gasteiger partial charge in [-0.2, -0.15) is 9.97 Å². The van der Waals surface area contributed by atoms with Gasteiger partial charge in [-0.25, -0.2) is 18.0 Å². The van der Waals surface area contributed by atoms with Gasteiger partial charge in [0, 0.05) is 55.3 Å². The molecule has 4 aliphatic rings. The number of esters is 1. The molecule has 0 amide bonds. The number of terminal acetylenes is 1. The van der Waals surface area contributed by atoms with Crippen molar-refractivity contribution in [2.75, 3.05) is 37.7 Å². The fraction of sp³-hybridized carbons (Fsp3) is 0.318. The van der Waals surface area contributed by atoms with Crippen molar-refractivity contribution in [3.63, 3.8) is 0 Å². The smallest absolute Gasteiger partial charge is 0.344 e. The van der Waals surface area contributed by atoms with Crippen LogP contribution < -0.4 is 19.7 Å². The molecule has 6 aromatic rings. The van der Waals surface area contributed by atoms with Crippen molar-refractivity contribution >= 4 is 44.2 Å². The minimum atomic E-state index is -0.941. The van der Waals surface area contributed by atoms with Crippen LogP contribution >= 0.6 is 0 Å². The zero-order valence-electron chi connectivity index (χ0n) is 30.4. The van der Waals surface area contributed by atoms with E-state index in [0.717, 1.165) is 37.6 Å².